The Balaban J connectivity index is 1.67. The maximum absolute atomic E-state index is 12.4. The summed E-state index contributed by atoms with van der Waals surface area (Å²) in [5.74, 6) is 0.00758. The Morgan fingerprint density at radius 1 is 1.32 bits per heavy atom. The SMILES string of the molecule is CCC(OC(=O)c1cccnc1Cl)C(=O)Nc1ccc2c(c1)OCO2. The maximum atomic E-state index is 12.4. The van der Waals surface area contributed by atoms with Gasteiger partial charge < -0.3 is 19.5 Å². The summed E-state index contributed by atoms with van der Waals surface area (Å²) in [6.07, 6.45) is 0.803. The lowest BCUT2D eigenvalue weighted by Crippen LogP contribution is -2.32. The van der Waals surface area contributed by atoms with E-state index in [0.717, 1.165) is 0 Å². The largest absolute Gasteiger partial charge is 0.454 e. The predicted octanol–water partition coefficient (Wildman–Crippen LogP) is 3.04. The number of benzene rings is 1. The molecule has 1 aliphatic rings. The Morgan fingerprint density at radius 3 is 2.88 bits per heavy atom. The van der Waals surface area contributed by atoms with Crippen molar-refractivity contribution in [2.45, 2.75) is 19.4 Å². The number of nitrogens with zero attached hydrogens (tertiary/aromatic N) is 1. The molecule has 1 unspecified atom stereocenters. The van der Waals surface area contributed by atoms with Gasteiger partial charge in [-0.2, -0.15) is 0 Å². The van der Waals surface area contributed by atoms with Crippen molar-refractivity contribution in [2.24, 2.45) is 0 Å². The van der Waals surface area contributed by atoms with Gasteiger partial charge in [-0.1, -0.05) is 18.5 Å². The zero-order valence-corrected chi connectivity index (χ0v) is 14.1. The predicted molar refractivity (Wildman–Crippen MR) is 89.9 cm³/mol. The van der Waals surface area contributed by atoms with Crippen LogP contribution in [-0.2, 0) is 9.53 Å². The van der Waals surface area contributed by atoms with Gasteiger partial charge in [-0.3, -0.25) is 4.79 Å². The van der Waals surface area contributed by atoms with E-state index in [9.17, 15) is 9.59 Å². The van der Waals surface area contributed by atoms with Gasteiger partial charge in [0.1, 0.15) is 5.15 Å². The lowest BCUT2D eigenvalue weighted by atomic mass is 10.2. The number of esters is 1. The molecule has 0 radical (unpaired) electrons. The zero-order chi connectivity index (χ0) is 17.8. The number of aromatic nitrogens is 1. The van der Waals surface area contributed by atoms with Gasteiger partial charge in [-0.05, 0) is 30.7 Å². The molecule has 7 nitrogen and oxygen atoms in total. The number of hydrogen-bond donors (Lipinski definition) is 1. The van der Waals surface area contributed by atoms with Crippen LogP contribution in [0.5, 0.6) is 11.5 Å². The summed E-state index contributed by atoms with van der Waals surface area (Å²) in [6, 6.07) is 8.07. The lowest BCUT2D eigenvalue weighted by Gasteiger charge is -2.16. The molecular weight excluding hydrogens is 348 g/mol. The van der Waals surface area contributed by atoms with E-state index in [1.165, 1.54) is 12.3 Å². The van der Waals surface area contributed by atoms with Crippen LogP contribution in [0.3, 0.4) is 0 Å². The zero-order valence-electron chi connectivity index (χ0n) is 13.3. The molecule has 1 aromatic heterocycles. The van der Waals surface area contributed by atoms with Gasteiger partial charge in [0.05, 0.1) is 5.56 Å². The van der Waals surface area contributed by atoms with Crippen LogP contribution < -0.4 is 14.8 Å². The smallest absolute Gasteiger partial charge is 0.342 e. The third-order valence-electron chi connectivity index (χ3n) is 3.53. The molecule has 8 heteroatoms. The summed E-state index contributed by atoms with van der Waals surface area (Å²) in [7, 11) is 0. The second kappa shape index (κ2) is 7.40. The van der Waals surface area contributed by atoms with Crippen molar-refractivity contribution in [1.29, 1.82) is 0 Å². The van der Waals surface area contributed by atoms with E-state index in [2.05, 4.69) is 10.3 Å². The highest BCUT2D eigenvalue weighted by molar-refractivity contribution is 6.32. The molecule has 0 spiro atoms. The average molecular weight is 363 g/mol. The van der Waals surface area contributed by atoms with Crippen molar-refractivity contribution in [3.8, 4) is 11.5 Å². The maximum Gasteiger partial charge on any atom is 0.342 e. The molecule has 0 aliphatic carbocycles. The number of anilines is 1. The van der Waals surface area contributed by atoms with E-state index in [4.69, 9.17) is 25.8 Å². The molecule has 2 heterocycles. The first-order valence-corrected chi connectivity index (χ1v) is 7.98. The Hall–Kier alpha value is -2.80. The van der Waals surface area contributed by atoms with E-state index in [0.29, 0.717) is 23.6 Å². The van der Waals surface area contributed by atoms with Gasteiger partial charge in [0.25, 0.3) is 5.91 Å². The first-order chi connectivity index (χ1) is 12.1. The van der Waals surface area contributed by atoms with E-state index in [1.54, 1.807) is 31.2 Å². The molecule has 25 heavy (non-hydrogen) atoms. The van der Waals surface area contributed by atoms with E-state index >= 15 is 0 Å². The van der Waals surface area contributed by atoms with Crippen molar-refractivity contribution in [3.05, 3.63) is 47.2 Å². The van der Waals surface area contributed by atoms with Crippen LogP contribution in [0.25, 0.3) is 0 Å². The fraction of sp³-hybridized carbons (Fsp3) is 0.235. The molecule has 130 valence electrons. The molecule has 0 saturated carbocycles. The number of rotatable bonds is 5. The quantitative estimate of drug-likeness (QED) is 0.649. The molecule has 3 rings (SSSR count). The average Bonchev–Trinajstić information content (AvgIpc) is 3.07. The molecule has 0 fully saturated rings. The number of amides is 1. The summed E-state index contributed by atoms with van der Waals surface area (Å²) >= 11 is 5.87. The summed E-state index contributed by atoms with van der Waals surface area (Å²) in [6.45, 7) is 1.88. The van der Waals surface area contributed by atoms with Gasteiger partial charge in [0.15, 0.2) is 17.6 Å². The minimum atomic E-state index is -0.964. The van der Waals surface area contributed by atoms with Gasteiger partial charge in [-0.15, -0.1) is 0 Å². The van der Waals surface area contributed by atoms with Gasteiger partial charge in [0, 0.05) is 18.0 Å². The van der Waals surface area contributed by atoms with Crippen LogP contribution in [0.4, 0.5) is 5.69 Å². The van der Waals surface area contributed by atoms with Crippen molar-refractivity contribution in [1.82, 2.24) is 4.98 Å². The normalized spacial score (nSPS) is 13.2. The molecule has 1 N–H and O–H groups in total. The molecule has 1 aromatic carbocycles. The number of fused-ring (bicyclic) bond motifs is 1. The minimum absolute atomic E-state index is 0.0264. The lowest BCUT2D eigenvalue weighted by molar-refractivity contribution is -0.124. The van der Waals surface area contributed by atoms with Crippen LogP contribution in [-0.4, -0.2) is 29.8 Å². The van der Waals surface area contributed by atoms with Crippen LogP contribution >= 0.6 is 11.6 Å². The molecule has 0 saturated heterocycles. The highest BCUT2D eigenvalue weighted by Gasteiger charge is 2.24. The third-order valence-corrected chi connectivity index (χ3v) is 3.83. The molecule has 2 aromatic rings. The van der Waals surface area contributed by atoms with Crippen LogP contribution in [0.1, 0.15) is 23.7 Å². The highest BCUT2D eigenvalue weighted by atomic mass is 35.5. The minimum Gasteiger partial charge on any atom is -0.454 e. The third kappa shape index (κ3) is 3.83. The second-order valence-corrected chi connectivity index (χ2v) is 5.56. The van der Waals surface area contributed by atoms with Crippen molar-refractivity contribution >= 4 is 29.2 Å². The van der Waals surface area contributed by atoms with E-state index in [1.807, 2.05) is 0 Å². The first-order valence-electron chi connectivity index (χ1n) is 7.60. The summed E-state index contributed by atoms with van der Waals surface area (Å²) < 4.78 is 15.7. The Kier molecular flexibility index (Phi) is 5.04. The Bertz CT molecular complexity index is 811. The van der Waals surface area contributed by atoms with E-state index < -0.39 is 18.0 Å². The van der Waals surface area contributed by atoms with Gasteiger partial charge in [0.2, 0.25) is 6.79 Å². The van der Waals surface area contributed by atoms with E-state index in [-0.39, 0.29) is 17.5 Å². The van der Waals surface area contributed by atoms with Gasteiger partial charge >= 0.3 is 5.97 Å². The number of carbonyl (C=O) groups is 2. The molecule has 1 aliphatic heterocycles. The second-order valence-electron chi connectivity index (χ2n) is 5.20. The Morgan fingerprint density at radius 2 is 2.12 bits per heavy atom. The topological polar surface area (TPSA) is 86.8 Å². The van der Waals surface area contributed by atoms with Crippen LogP contribution in [0.2, 0.25) is 5.15 Å². The monoisotopic (exact) mass is 362 g/mol. The first kappa shape index (κ1) is 17.0. The number of ether oxygens (including phenoxy) is 3. The summed E-state index contributed by atoms with van der Waals surface area (Å²) in [4.78, 5) is 28.4. The van der Waals surface area contributed by atoms with Crippen molar-refractivity contribution < 1.29 is 23.8 Å². The van der Waals surface area contributed by atoms with Crippen molar-refractivity contribution in [2.75, 3.05) is 12.1 Å². The van der Waals surface area contributed by atoms with Crippen molar-refractivity contribution in [3.63, 3.8) is 0 Å². The number of pyridine rings is 1. The number of hydrogen-bond acceptors (Lipinski definition) is 6. The van der Waals surface area contributed by atoms with Crippen LogP contribution in [0, 0.1) is 0 Å². The number of halogens is 1. The number of nitrogens with one attached hydrogen (secondary N) is 1. The molecule has 1 amide bonds. The highest BCUT2D eigenvalue weighted by Crippen LogP contribution is 2.34. The fourth-order valence-electron chi connectivity index (χ4n) is 2.25. The molecule has 0 bridgehead atoms. The van der Waals surface area contributed by atoms with Crippen LogP contribution in [0.15, 0.2) is 36.5 Å². The molecular formula is C17H15ClN2O5. The Labute approximate surface area is 148 Å². The fourth-order valence-corrected chi connectivity index (χ4v) is 2.45. The van der Waals surface area contributed by atoms with Gasteiger partial charge in [-0.25, -0.2) is 9.78 Å². The molecule has 1 atom stereocenters. The number of carbonyl (C=O) groups excluding carboxylic acids is 2. The standard InChI is InChI=1S/C17H15ClN2O5/c1-2-12(25-17(22)11-4-3-7-19-15(11)18)16(21)20-10-5-6-13-14(8-10)24-9-23-13/h3-8,12H,2,9H2,1H3,(H,20,21). The summed E-state index contributed by atoms with van der Waals surface area (Å²) in [5, 5.41) is 2.72. The summed E-state index contributed by atoms with van der Waals surface area (Å²) in [5.41, 5.74) is 0.627.